The molecular weight excluding hydrogens is 124 g/mol. The zero-order chi connectivity index (χ0) is 8.24. The van der Waals surface area contributed by atoms with Crippen molar-refractivity contribution in [3.05, 3.63) is 0 Å². The van der Waals surface area contributed by atoms with Crippen molar-refractivity contribution >= 4 is 0 Å². The SMILES string of the molecule is C#CCNC.C#CCNC. The molecule has 56 valence electrons. The van der Waals surface area contributed by atoms with Crippen molar-refractivity contribution in [2.45, 2.75) is 0 Å². The van der Waals surface area contributed by atoms with Crippen LogP contribution in [0.4, 0.5) is 0 Å². The Bertz CT molecular complexity index is 100. The summed E-state index contributed by atoms with van der Waals surface area (Å²) < 4.78 is 0. The summed E-state index contributed by atoms with van der Waals surface area (Å²) in [4.78, 5) is 0. The summed E-state index contributed by atoms with van der Waals surface area (Å²) in [6.07, 6.45) is 9.65. The summed E-state index contributed by atoms with van der Waals surface area (Å²) in [5.74, 6) is 4.81. The number of rotatable bonds is 2. The zero-order valence-electron chi connectivity index (χ0n) is 6.57. The maximum absolute atomic E-state index is 4.83. The highest BCUT2D eigenvalue weighted by molar-refractivity contribution is 4.85. The minimum Gasteiger partial charge on any atom is -0.309 e. The van der Waals surface area contributed by atoms with Crippen LogP contribution < -0.4 is 10.6 Å². The molecule has 0 unspecified atom stereocenters. The van der Waals surface area contributed by atoms with Crippen LogP contribution in [-0.2, 0) is 0 Å². The smallest absolute Gasteiger partial charge is 0.0571 e. The largest absolute Gasteiger partial charge is 0.309 e. The number of hydrogen-bond donors (Lipinski definition) is 2. The molecule has 0 aromatic carbocycles. The van der Waals surface area contributed by atoms with Gasteiger partial charge >= 0.3 is 0 Å². The van der Waals surface area contributed by atoms with Crippen LogP contribution in [0.3, 0.4) is 0 Å². The minimum atomic E-state index is 0.667. The predicted molar refractivity (Wildman–Crippen MR) is 45.5 cm³/mol. The van der Waals surface area contributed by atoms with Gasteiger partial charge in [0.15, 0.2) is 0 Å². The van der Waals surface area contributed by atoms with Crippen LogP contribution in [0.15, 0.2) is 0 Å². The lowest BCUT2D eigenvalue weighted by Gasteiger charge is -1.76. The third-order valence-electron chi connectivity index (χ3n) is 0.558. The maximum Gasteiger partial charge on any atom is 0.0571 e. The van der Waals surface area contributed by atoms with Crippen LogP contribution in [0.1, 0.15) is 0 Å². The minimum absolute atomic E-state index is 0.667. The van der Waals surface area contributed by atoms with Gasteiger partial charge in [0.2, 0.25) is 0 Å². The molecule has 0 bridgehead atoms. The highest BCUT2D eigenvalue weighted by Crippen LogP contribution is 1.38. The molecule has 0 aliphatic carbocycles. The monoisotopic (exact) mass is 138 g/mol. The first kappa shape index (κ1) is 11.8. The summed E-state index contributed by atoms with van der Waals surface area (Å²) in [5.41, 5.74) is 0. The van der Waals surface area contributed by atoms with Crippen molar-refractivity contribution in [2.75, 3.05) is 27.2 Å². The van der Waals surface area contributed by atoms with E-state index in [9.17, 15) is 0 Å². The van der Waals surface area contributed by atoms with Crippen molar-refractivity contribution in [3.8, 4) is 24.7 Å². The van der Waals surface area contributed by atoms with Gasteiger partial charge in [-0.1, -0.05) is 11.8 Å². The molecule has 2 nitrogen and oxygen atoms in total. The van der Waals surface area contributed by atoms with E-state index < -0.39 is 0 Å². The lowest BCUT2D eigenvalue weighted by Crippen LogP contribution is -2.03. The summed E-state index contributed by atoms with van der Waals surface area (Å²) in [7, 11) is 3.64. The van der Waals surface area contributed by atoms with E-state index in [4.69, 9.17) is 12.8 Å². The van der Waals surface area contributed by atoms with Crippen LogP contribution in [0.25, 0.3) is 0 Å². The molecule has 2 N–H and O–H groups in total. The van der Waals surface area contributed by atoms with Gasteiger partial charge in [-0.2, -0.15) is 0 Å². The maximum atomic E-state index is 4.83. The van der Waals surface area contributed by atoms with Gasteiger partial charge in [-0.3, -0.25) is 0 Å². The van der Waals surface area contributed by atoms with Crippen LogP contribution in [0, 0.1) is 24.7 Å². The van der Waals surface area contributed by atoms with Crippen molar-refractivity contribution in [1.82, 2.24) is 10.6 Å². The molecule has 2 heteroatoms. The Morgan fingerprint density at radius 1 is 1.00 bits per heavy atom. The van der Waals surface area contributed by atoms with Gasteiger partial charge in [0.1, 0.15) is 0 Å². The van der Waals surface area contributed by atoms with E-state index in [-0.39, 0.29) is 0 Å². The Morgan fingerprint density at radius 2 is 1.30 bits per heavy atom. The Morgan fingerprint density at radius 3 is 1.30 bits per heavy atom. The molecule has 0 radical (unpaired) electrons. The zero-order valence-corrected chi connectivity index (χ0v) is 6.57. The van der Waals surface area contributed by atoms with E-state index in [0.29, 0.717) is 13.1 Å². The van der Waals surface area contributed by atoms with Gasteiger partial charge in [-0.25, -0.2) is 0 Å². The van der Waals surface area contributed by atoms with E-state index in [2.05, 4.69) is 22.5 Å². The molecule has 0 spiro atoms. The third kappa shape index (κ3) is 27.8. The van der Waals surface area contributed by atoms with Gasteiger partial charge in [0, 0.05) is 0 Å². The standard InChI is InChI=1S/2C4H7N/c2*1-3-4-5-2/h2*1,5H,4H2,2H3. The van der Waals surface area contributed by atoms with E-state index in [1.54, 1.807) is 0 Å². The average Bonchev–Trinajstić information content (AvgIpc) is 1.93. The molecule has 0 saturated heterocycles. The molecule has 0 aliphatic rings. The summed E-state index contributed by atoms with van der Waals surface area (Å²) >= 11 is 0. The molecule has 0 saturated carbocycles. The summed E-state index contributed by atoms with van der Waals surface area (Å²) in [5, 5.41) is 5.56. The van der Waals surface area contributed by atoms with Crippen LogP contribution in [-0.4, -0.2) is 27.2 Å². The second-order valence-electron chi connectivity index (χ2n) is 1.47. The molecule has 0 amide bonds. The van der Waals surface area contributed by atoms with Gasteiger partial charge < -0.3 is 10.6 Å². The van der Waals surface area contributed by atoms with Crippen molar-refractivity contribution in [2.24, 2.45) is 0 Å². The molecule has 0 aromatic heterocycles. The van der Waals surface area contributed by atoms with E-state index in [0.717, 1.165) is 0 Å². The average molecular weight is 138 g/mol. The molecule has 10 heavy (non-hydrogen) atoms. The second-order valence-corrected chi connectivity index (χ2v) is 1.47. The topological polar surface area (TPSA) is 24.1 Å². The number of hydrogen-bond acceptors (Lipinski definition) is 2. The van der Waals surface area contributed by atoms with E-state index in [1.807, 2.05) is 14.1 Å². The highest BCUT2D eigenvalue weighted by Gasteiger charge is 1.56. The van der Waals surface area contributed by atoms with Gasteiger partial charge in [-0.15, -0.1) is 12.8 Å². The van der Waals surface area contributed by atoms with Crippen LogP contribution in [0.2, 0.25) is 0 Å². The first-order valence-corrected chi connectivity index (χ1v) is 2.99. The molecule has 0 aromatic rings. The molecular formula is C8H14N2. The van der Waals surface area contributed by atoms with Gasteiger partial charge in [-0.05, 0) is 14.1 Å². The van der Waals surface area contributed by atoms with Gasteiger partial charge in [0.25, 0.3) is 0 Å². The van der Waals surface area contributed by atoms with Crippen molar-refractivity contribution in [3.63, 3.8) is 0 Å². The van der Waals surface area contributed by atoms with E-state index >= 15 is 0 Å². The predicted octanol–water partition coefficient (Wildman–Crippen LogP) is -0.322. The first-order valence-electron chi connectivity index (χ1n) is 2.99. The van der Waals surface area contributed by atoms with Crippen molar-refractivity contribution in [1.29, 1.82) is 0 Å². The molecule has 0 aliphatic heterocycles. The fourth-order valence-corrected chi connectivity index (χ4v) is 0.204. The first-order chi connectivity index (χ1) is 4.83. The molecule has 0 heterocycles. The summed E-state index contributed by atoms with van der Waals surface area (Å²) in [6, 6.07) is 0. The molecule has 0 atom stereocenters. The third-order valence-corrected chi connectivity index (χ3v) is 0.558. The Hall–Kier alpha value is -0.960. The quantitative estimate of drug-likeness (QED) is 0.511. The van der Waals surface area contributed by atoms with Gasteiger partial charge in [0.05, 0.1) is 13.1 Å². The lowest BCUT2D eigenvalue weighted by atomic mass is 10.7. The van der Waals surface area contributed by atoms with Crippen molar-refractivity contribution < 1.29 is 0 Å². The normalized spacial score (nSPS) is 6.40. The number of nitrogens with one attached hydrogen (secondary N) is 2. The second kappa shape index (κ2) is 15.7. The van der Waals surface area contributed by atoms with Crippen LogP contribution in [0.5, 0.6) is 0 Å². The Labute approximate surface area is 63.4 Å². The Balaban J connectivity index is 0. The highest BCUT2D eigenvalue weighted by atomic mass is 14.8. The molecule has 0 rings (SSSR count). The fourth-order valence-electron chi connectivity index (χ4n) is 0.204. The Kier molecular flexibility index (Phi) is 18.5. The summed E-state index contributed by atoms with van der Waals surface area (Å²) in [6.45, 7) is 1.33. The number of terminal acetylenes is 2. The van der Waals surface area contributed by atoms with Crippen LogP contribution >= 0.6 is 0 Å². The fraction of sp³-hybridized carbons (Fsp3) is 0.500. The molecule has 0 fully saturated rings. The lowest BCUT2D eigenvalue weighted by molar-refractivity contribution is 0.939. The van der Waals surface area contributed by atoms with E-state index in [1.165, 1.54) is 0 Å².